The molecule has 8 nitrogen and oxygen atoms in total. The molecule has 1 N–H and O–H groups in total. The Morgan fingerprint density at radius 3 is 2.84 bits per heavy atom. The number of benzene rings is 1. The topological polar surface area (TPSA) is 88.5 Å². The van der Waals surface area contributed by atoms with Crippen LogP contribution in [0, 0.1) is 11.8 Å². The molecular weight excluding hydrogens is 492 g/mol. The summed E-state index contributed by atoms with van der Waals surface area (Å²) in [5.74, 6) is 0.324. The molecule has 3 heterocycles. The minimum absolute atomic E-state index is 0.0104. The minimum Gasteiger partial charge on any atom is -0.347 e. The molecule has 3 atom stereocenters. The number of hydrogen-bond acceptors (Lipinski definition) is 6. The molecule has 0 spiro atoms. The van der Waals surface area contributed by atoms with Gasteiger partial charge in [-0.1, -0.05) is 24.6 Å². The van der Waals surface area contributed by atoms with Crippen LogP contribution in [-0.2, 0) is 17.9 Å². The van der Waals surface area contributed by atoms with E-state index in [1.807, 2.05) is 18.9 Å². The van der Waals surface area contributed by atoms with Gasteiger partial charge in [0.15, 0.2) is 6.17 Å². The number of rotatable bonds is 7. The summed E-state index contributed by atoms with van der Waals surface area (Å²) in [5.41, 5.74) is 1.12. The summed E-state index contributed by atoms with van der Waals surface area (Å²) >= 11 is 0. The standard InChI is InChI=1S/C25H28F4N6O2/c1-3-14-9-15(14)24(36)30-11-22-32-23(33-37-22)21-10-16-18(31-19-7-8-34(2)12-17(19)26)5-4-6-20(16)35(21)13-25(27,28)29/h4-6,10,14-15,17H,3,7-9,11-13H2,1-2H3,(H,30,36)/t14-,15-,17+/m1/s1. The molecule has 1 aromatic carbocycles. The predicted octanol–water partition coefficient (Wildman–Crippen LogP) is 4.66. The molecule has 5 rings (SSSR count). The first-order valence-corrected chi connectivity index (χ1v) is 12.3. The van der Waals surface area contributed by atoms with Crippen molar-refractivity contribution >= 4 is 28.2 Å². The average Bonchev–Trinajstić information content (AvgIpc) is 3.35. The van der Waals surface area contributed by atoms with Gasteiger partial charge in [0.1, 0.15) is 6.54 Å². The Kier molecular flexibility index (Phi) is 6.78. The molecule has 1 saturated heterocycles. The fourth-order valence-electron chi connectivity index (χ4n) is 4.86. The molecule has 0 bridgehead atoms. The number of halogens is 4. The number of aliphatic imine (C=N–C) groups is 1. The Morgan fingerprint density at radius 1 is 1.32 bits per heavy atom. The number of nitrogens with zero attached hydrogens (tertiary/aromatic N) is 5. The molecule has 1 aliphatic carbocycles. The monoisotopic (exact) mass is 520 g/mol. The van der Waals surface area contributed by atoms with Gasteiger partial charge in [0.05, 0.1) is 29.2 Å². The highest BCUT2D eigenvalue weighted by atomic mass is 19.4. The highest BCUT2D eigenvalue weighted by Gasteiger charge is 2.41. The van der Waals surface area contributed by atoms with Crippen LogP contribution < -0.4 is 5.32 Å². The van der Waals surface area contributed by atoms with E-state index in [9.17, 15) is 22.4 Å². The van der Waals surface area contributed by atoms with E-state index in [0.29, 0.717) is 35.7 Å². The Morgan fingerprint density at radius 2 is 2.14 bits per heavy atom. The van der Waals surface area contributed by atoms with E-state index in [-0.39, 0.29) is 47.8 Å². The second-order valence-electron chi connectivity index (χ2n) is 9.76. The smallest absolute Gasteiger partial charge is 0.347 e. The third kappa shape index (κ3) is 5.53. The molecule has 3 aromatic rings. The van der Waals surface area contributed by atoms with Gasteiger partial charge in [-0.25, -0.2) is 4.39 Å². The number of likely N-dealkylation sites (tertiary alicyclic amines) is 1. The van der Waals surface area contributed by atoms with E-state index in [1.165, 1.54) is 6.07 Å². The fraction of sp³-hybridized carbons (Fsp3) is 0.520. The lowest BCUT2D eigenvalue weighted by atomic mass is 10.1. The third-order valence-electron chi connectivity index (χ3n) is 7.00. The molecule has 37 heavy (non-hydrogen) atoms. The molecular formula is C25H28F4N6O2. The van der Waals surface area contributed by atoms with Crippen molar-refractivity contribution in [3.05, 3.63) is 30.2 Å². The van der Waals surface area contributed by atoms with Gasteiger partial charge in [0, 0.05) is 30.8 Å². The van der Waals surface area contributed by atoms with E-state index < -0.39 is 18.9 Å². The third-order valence-corrected chi connectivity index (χ3v) is 7.00. The second kappa shape index (κ2) is 9.88. The summed E-state index contributed by atoms with van der Waals surface area (Å²) in [5, 5.41) is 7.06. The molecule has 1 aliphatic heterocycles. The van der Waals surface area contributed by atoms with Gasteiger partial charge in [0.2, 0.25) is 17.6 Å². The van der Waals surface area contributed by atoms with Crippen LogP contribution in [0.5, 0.6) is 0 Å². The van der Waals surface area contributed by atoms with Gasteiger partial charge in [-0.3, -0.25) is 9.79 Å². The van der Waals surface area contributed by atoms with E-state index >= 15 is 0 Å². The normalized spacial score (nSPS) is 23.6. The van der Waals surface area contributed by atoms with Crippen LogP contribution >= 0.6 is 0 Å². The van der Waals surface area contributed by atoms with Crippen molar-refractivity contribution in [3.8, 4) is 11.5 Å². The molecule has 1 amide bonds. The lowest BCUT2D eigenvalue weighted by Crippen LogP contribution is -2.39. The fourth-order valence-corrected chi connectivity index (χ4v) is 4.86. The van der Waals surface area contributed by atoms with Crippen LogP contribution in [0.2, 0.25) is 0 Å². The Hall–Kier alpha value is -3.28. The van der Waals surface area contributed by atoms with Gasteiger partial charge in [0.25, 0.3) is 0 Å². The molecule has 0 unspecified atom stereocenters. The molecule has 2 aliphatic rings. The largest absolute Gasteiger partial charge is 0.406 e. The molecule has 12 heteroatoms. The van der Waals surface area contributed by atoms with E-state index in [0.717, 1.165) is 17.4 Å². The summed E-state index contributed by atoms with van der Waals surface area (Å²) in [6, 6.07) is 6.32. The first kappa shape index (κ1) is 25.4. The quantitative estimate of drug-likeness (QED) is 0.458. The average molecular weight is 521 g/mol. The van der Waals surface area contributed by atoms with E-state index in [2.05, 4.69) is 20.4 Å². The summed E-state index contributed by atoms with van der Waals surface area (Å²) in [6.45, 7) is 1.62. The van der Waals surface area contributed by atoms with Crippen LogP contribution in [0.15, 0.2) is 33.8 Å². The first-order chi connectivity index (χ1) is 17.6. The zero-order valence-electron chi connectivity index (χ0n) is 20.6. The van der Waals surface area contributed by atoms with Crippen molar-refractivity contribution in [2.75, 3.05) is 20.1 Å². The Labute approximate surface area is 210 Å². The second-order valence-corrected chi connectivity index (χ2v) is 9.76. The Bertz CT molecular complexity index is 1330. The van der Waals surface area contributed by atoms with Crippen LogP contribution in [-0.4, -0.2) is 63.7 Å². The van der Waals surface area contributed by atoms with Crippen molar-refractivity contribution in [2.24, 2.45) is 16.8 Å². The maximum atomic E-state index is 14.6. The number of aromatic nitrogens is 3. The minimum atomic E-state index is -4.51. The van der Waals surface area contributed by atoms with Crippen molar-refractivity contribution < 1.29 is 26.9 Å². The Balaban J connectivity index is 1.46. The number of piperidine rings is 1. The van der Waals surface area contributed by atoms with Gasteiger partial charge < -0.3 is 19.3 Å². The molecule has 0 radical (unpaired) electrons. The number of alkyl halides is 4. The number of nitrogens with one attached hydrogen (secondary N) is 1. The highest BCUT2D eigenvalue weighted by Crippen LogP contribution is 2.41. The van der Waals surface area contributed by atoms with Crippen molar-refractivity contribution in [2.45, 2.75) is 51.6 Å². The number of carbonyl (C=O) groups is 1. The number of fused-ring (bicyclic) bond motifs is 1. The zero-order chi connectivity index (χ0) is 26.3. The number of hydrogen-bond donors (Lipinski definition) is 1. The summed E-state index contributed by atoms with van der Waals surface area (Å²) in [7, 11) is 1.83. The highest BCUT2D eigenvalue weighted by molar-refractivity contribution is 5.99. The summed E-state index contributed by atoms with van der Waals surface area (Å²) < 4.78 is 61.5. The predicted molar refractivity (Wildman–Crippen MR) is 129 cm³/mol. The molecule has 1 saturated carbocycles. The number of carbonyl (C=O) groups excluding carboxylic acids is 1. The van der Waals surface area contributed by atoms with Crippen molar-refractivity contribution in [1.29, 1.82) is 0 Å². The summed E-state index contributed by atoms with van der Waals surface area (Å²) in [4.78, 5) is 22.8. The van der Waals surface area contributed by atoms with Gasteiger partial charge >= 0.3 is 6.18 Å². The number of amides is 1. The SMILES string of the molecule is CC[C@@H]1C[C@H]1C(=O)NCc1nc(-c2cc3c(N=C4CCN(C)C[C@@H]4F)cccc3n2CC(F)(F)F)no1. The first-order valence-electron chi connectivity index (χ1n) is 12.3. The molecule has 2 fully saturated rings. The van der Waals surface area contributed by atoms with Crippen LogP contribution in [0.1, 0.15) is 32.1 Å². The van der Waals surface area contributed by atoms with Crippen LogP contribution in [0.3, 0.4) is 0 Å². The zero-order valence-corrected chi connectivity index (χ0v) is 20.6. The van der Waals surface area contributed by atoms with Crippen molar-refractivity contribution in [3.63, 3.8) is 0 Å². The van der Waals surface area contributed by atoms with Gasteiger partial charge in [-0.15, -0.1) is 0 Å². The van der Waals surface area contributed by atoms with Gasteiger partial charge in [-0.05, 0) is 37.6 Å². The molecule has 2 aromatic heterocycles. The lowest BCUT2D eigenvalue weighted by Gasteiger charge is -2.26. The van der Waals surface area contributed by atoms with Crippen LogP contribution in [0.25, 0.3) is 22.4 Å². The molecule has 198 valence electrons. The maximum Gasteiger partial charge on any atom is 0.406 e. The van der Waals surface area contributed by atoms with Crippen LogP contribution in [0.4, 0.5) is 23.2 Å². The summed E-state index contributed by atoms with van der Waals surface area (Å²) in [6.07, 6.45) is -3.54. The van der Waals surface area contributed by atoms with E-state index in [1.54, 1.807) is 18.2 Å². The lowest BCUT2D eigenvalue weighted by molar-refractivity contribution is -0.139. The van der Waals surface area contributed by atoms with Gasteiger partial charge in [-0.2, -0.15) is 18.2 Å². The maximum absolute atomic E-state index is 14.6. The van der Waals surface area contributed by atoms with Crippen molar-refractivity contribution in [1.82, 2.24) is 24.9 Å². The van der Waals surface area contributed by atoms with E-state index in [4.69, 9.17) is 4.52 Å².